The highest BCUT2D eigenvalue weighted by Gasteiger charge is 2.54. The second-order valence-electron chi connectivity index (χ2n) is 20.5. The molecule has 3 unspecified atom stereocenters. The fourth-order valence-electron chi connectivity index (χ4n) is 9.42. The number of aryl methyl sites for hydroxylation is 1. The number of benzene rings is 4. The standard InChI is InChI=1S/C38H52O2.C20H28O/c1-9-12-13-30(11-3)38-36(32-16-20-34(21-17-32)40-26-28(6)7)23-22-35(37(38)24-29(8)10-2)31-14-18-33(19-15-31)39-25-27(4)5;1-14-5-7-16(8-6-14)17-11-15(2)18(21)12-19(3,4)13-20(17)9-10-20/h14-24,27-29H,9-13,25-26H2,1-8H3;5-8,15,17H,9-13H2,1-4H3/b37-24-,38-30-;. The Bertz CT molecular complexity index is 2110. The van der Waals surface area contributed by atoms with E-state index in [1.165, 1.54) is 75.9 Å². The zero-order valence-electron chi connectivity index (χ0n) is 40.3. The number of rotatable bonds is 15. The second kappa shape index (κ2) is 21.8. The molecule has 3 heteroatoms. The molecule has 0 amide bonds. The Hall–Kier alpha value is -4.11. The molecule has 0 bridgehead atoms. The summed E-state index contributed by atoms with van der Waals surface area (Å²) in [7, 11) is 0. The van der Waals surface area contributed by atoms with Gasteiger partial charge in [-0.05, 0) is 149 Å². The van der Waals surface area contributed by atoms with Gasteiger partial charge in [0.15, 0.2) is 0 Å². The van der Waals surface area contributed by atoms with Gasteiger partial charge in [0.1, 0.15) is 17.3 Å². The fourth-order valence-corrected chi connectivity index (χ4v) is 9.42. The smallest absolute Gasteiger partial charge is 0.136 e. The first-order valence-corrected chi connectivity index (χ1v) is 24.0. The summed E-state index contributed by atoms with van der Waals surface area (Å²) >= 11 is 0. The van der Waals surface area contributed by atoms with E-state index in [-0.39, 0.29) is 11.3 Å². The molecule has 2 aliphatic carbocycles. The molecule has 4 aromatic rings. The van der Waals surface area contributed by atoms with Gasteiger partial charge in [0, 0.05) is 12.3 Å². The highest BCUT2D eigenvalue weighted by Crippen LogP contribution is 2.64. The lowest BCUT2D eigenvalue weighted by molar-refractivity contribution is -0.126. The van der Waals surface area contributed by atoms with Crippen LogP contribution >= 0.6 is 0 Å². The van der Waals surface area contributed by atoms with E-state index < -0.39 is 0 Å². The average Bonchev–Trinajstić information content (AvgIpc) is 4.01. The molecule has 330 valence electrons. The minimum atomic E-state index is 0.158. The maximum Gasteiger partial charge on any atom is 0.136 e. The van der Waals surface area contributed by atoms with Crippen LogP contribution in [-0.4, -0.2) is 19.0 Å². The number of ketones is 1. The number of ether oxygens (including phenoxy) is 2. The maximum absolute atomic E-state index is 12.4. The van der Waals surface area contributed by atoms with Crippen LogP contribution in [0.1, 0.15) is 157 Å². The van der Waals surface area contributed by atoms with Crippen LogP contribution in [-0.2, 0) is 4.79 Å². The molecular formula is C58H80O3. The summed E-state index contributed by atoms with van der Waals surface area (Å²) < 4.78 is 12.0. The molecule has 0 heterocycles. The lowest BCUT2D eigenvalue weighted by Crippen LogP contribution is -2.32. The Labute approximate surface area is 371 Å². The third-order valence-electron chi connectivity index (χ3n) is 13.2. The zero-order valence-corrected chi connectivity index (χ0v) is 40.3. The first kappa shape index (κ1) is 47.9. The normalized spacial score (nSPS) is 19.5. The van der Waals surface area contributed by atoms with E-state index >= 15 is 0 Å². The molecule has 0 N–H and O–H groups in total. The van der Waals surface area contributed by atoms with Crippen molar-refractivity contribution in [2.75, 3.05) is 13.2 Å². The van der Waals surface area contributed by atoms with Gasteiger partial charge in [-0.1, -0.05) is 167 Å². The van der Waals surface area contributed by atoms with Crippen molar-refractivity contribution in [3.63, 3.8) is 0 Å². The van der Waals surface area contributed by atoms with Gasteiger partial charge < -0.3 is 9.47 Å². The fraction of sp³-hybridized carbons (Fsp3) is 0.534. The van der Waals surface area contributed by atoms with Crippen molar-refractivity contribution in [1.82, 2.24) is 0 Å². The number of unbranched alkanes of at least 4 members (excludes halogenated alkanes) is 1. The molecule has 2 fully saturated rings. The predicted octanol–water partition coefficient (Wildman–Crippen LogP) is 14.9. The molecule has 3 nitrogen and oxygen atoms in total. The molecular weight excluding hydrogens is 745 g/mol. The van der Waals surface area contributed by atoms with Gasteiger partial charge in [-0.2, -0.15) is 0 Å². The molecule has 2 aliphatic rings. The van der Waals surface area contributed by atoms with E-state index in [4.69, 9.17) is 9.47 Å². The van der Waals surface area contributed by atoms with Gasteiger partial charge in [-0.3, -0.25) is 4.79 Å². The Kier molecular flexibility index (Phi) is 17.1. The second-order valence-corrected chi connectivity index (χ2v) is 20.5. The lowest BCUT2D eigenvalue weighted by atomic mass is 9.65. The van der Waals surface area contributed by atoms with Crippen molar-refractivity contribution < 1.29 is 14.3 Å². The first-order chi connectivity index (χ1) is 29.1. The van der Waals surface area contributed by atoms with Gasteiger partial charge in [0.25, 0.3) is 0 Å². The molecule has 6 rings (SSSR count). The molecule has 3 atom stereocenters. The summed E-state index contributed by atoms with van der Waals surface area (Å²) in [4.78, 5) is 12.4. The van der Waals surface area contributed by atoms with Crippen LogP contribution in [0.25, 0.3) is 33.9 Å². The minimum absolute atomic E-state index is 0.158. The molecule has 2 saturated carbocycles. The van der Waals surface area contributed by atoms with Crippen LogP contribution in [0.15, 0.2) is 84.9 Å². The molecule has 0 aliphatic heterocycles. The number of hydrogen-bond acceptors (Lipinski definition) is 3. The largest absolute Gasteiger partial charge is 0.493 e. The molecule has 1 spiro atoms. The molecule has 0 saturated heterocycles. The van der Waals surface area contributed by atoms with Gasteiger partial charge in [-0.25, -0.2) is 0 Å². The first-order valence-electron chi connectivity index (χ1n) is 24.0. The lowest BCUT2D eigenvalue weighted by Gasteiger charge is -2.39. The summed E-state index contributed by atoms with van der Waals surface area (Å²) in [5, 5.41) is 2.79. The van der Waals surface area contributed by atoms with Crippen LogP contribution in [0, 0.1) is 41.4 Å². The third-order valence-corrected chi connectivity index (χ3v) is 13.2. The Morgan fingerprint density at radius 2 is 1.30 bits per heavy atom. The van der Waals surface area contributed by atoms with Crippen LogP contribution in [0.4, 0.5) is 0 Å². The van der Waals surface area contributed by atoms with E-state index in [9.17, 15) is 4.79 Å². The van der Waals surface area contributed by atoms with E-state index in [1.54, 1.807) is 5.57 Å². The maximum atomic E-state index is 12.4. The monoisotopic (exact) mass is 825 g/mol. The van der Waals surface area contributed by atoms with Crippen molar-refractivity contribution in [2.45, 2.75) is 153 Å². The summed E-state index contributed by atoms with van der Waals surface area (Å²) in [6, 6.07) is 31.1. The molecule has 4 aromatic carbocycles. The van der Waals surface area contributed by atoms with E-state index in [0.717, 1.165) is 56.8 Å². The molecule has 0 aromatic heterocycles. The SMILES string of the molecule is CCCC/C(CC)=c1/c(-c2ccc(OCC(C)C)cc2)ccc(-c2ccc(OCC(C)C)cc2)/c1=C/C(C)CC.Cc1ccc(C2CC(C)C(=O)CC(C)(C)CC23CC3)cc1. The van der Waals surface area contributed by atoms with Crippen molar-refractivity contribution in [3.8, 4) is 33.8 Å². The highest BCUT2D eigenvalue weighted by atomic mass is 16.5. The summed E-state index contributed by atoms with van der Waals surface area (Å²) in [6.07, 6.45) is 13.9. The van der Waals surface area contributed by atoms with E-state index in [1.807, 2.05) is 0 Å². The quantitative estimate of drug-likeness (QED) is 0.120. The summed E-state index contributed by atoms with van der Waals surface area (Å²) in [5.74, 6) is 4.61. The van der Waals surface area contributed by atoms with Crippen LogP contribution in [0.2, 0.25) is 0 Å². The molecule has 0 radical (unpaired) electrons. The Morgan fingerprint density at radius 1 is 0.754 bits per heavy atom. The van der Waals surface area contributed by atoms with Crippen LogP contribution in [0.3, 0.4) is 0 Å². The highest BCUT2D eigenvalue weighted by molar-refractivity contribution is 5.81. The Morgan fingerprint density at radius 3 is 1.79 bits per heavy atom. The average molecular weight is 825 g/mol. The van der Waals surface area contributed by atoms with Crippen LogP contribution in [0.5, 0.6) is 11.5 Å². The number of Topliss-reactive ketones (excluding diaryl/α,β-unsaturated/α-hetero) is 1. The van der Waals surface area contributed by atoms with Crippen LogP contribution < -0.4 is 19.9 Å². The number of carbonyl (C=O) groups is 1. The van der Waals surface area contributed by atoms with Crippen molar-refractivity contribution in [2.24, 2.45) is 34.5 Å². The van der Waals surface area contributed by atoms with Gasteiger partial charge in [0.2, 0.25) is 0 Å². The van der Waals surface area contributed by atoms with Gasteiger partial charge in [-0.15, -0.1) is 0 Å². The minimum Gasteiger partial charge on any atom is -0.493 e. The van der Waals surface area contributed by atoms with Crippen molar-refractivity contribution in [3.05, 3.63) is 106 Å². The van der Waals surface area contributed by atoms with Gasteiger partial charge >= 0.3 is 0 Å². The topological polar surface area (TPSA) is 35.5 Å². The van der Waals surface area contributed by atoms with Crippen molar-refractivity contribution >= 4 is 17.4 Å². The Balaban J connectivity index is 0.000000279. The number of carbonyl (C=O) groups excluding carboxylic acids is 1. The number of hydrogen-bond donors (Lipinski definition) is 0. The van der Waals surface area contributed by atoms with E-state index in [2.05, 4.69) is 174 Å². The van der Waals surface area contributed by atoms with Gasteiger partial charge in [0.05, 0.1) is 13.2 Å². The summed E-state index contributed by atoms with van der Waals surface area (Å²) in [6.45, 7) is 28.3. The predicted molar refractivity (Wildman–Crippen MR) is 262 cm³/mol. The molecule has 61 heavy (non-hydrogen) atoms. The van der Waals surface area contributed by atoms with Crippen molar-refractivity contribution in [1.29, 1.82) is 0 Å². The zero-order chi connectivity index (χ0) is 44.3. The third kappa shape index (κ3) is 13.2. The van der Waals surface area contributed by atoms with E-state index in [0.29, 0.717) is 34.9 Å². The summed E-state index contributed by atoms with van der Waals surface area (Å²) in [5.41, 5.74) is 10.0.